The second kappa shape index (κ2) is 3.85. The molecule has 0 aliphatic carbocycles. The molecular weight excluding hydrogens is 128 g/mol. The summed E-state index contributed by atoms with van der Waals surface area (Å²) in [6.45, 7) is 5.84. The quantitative estimate of drug-likeness (QED) is 0.416. The highest BCUT2D eigenvalue weighted by atomic mass is 28.1. The molecule has 9 heavy (non-hydrogen) atoms. The predicted octanol–water partition coefficient (Wildman–Crippen LogP) is 0.681. The summed E-state index contributed by atoms with van der Waals surface area (Å²) >= 11 is 0. The van der Waals surface area contributed by atoms with E-state index < -0.39 is 0 Å². The molecule has 0 fully saturated rings. The first kappa shape index (κ1) is 8.92. The molecule has 0 heterocycles. The van der Waals surface area contributed by atoms with Gasteiger partial charge in [0.25, 0.3) is 0 Å². The molecule has 0 aliphatic rings. The van der Waals surface area contributed by atoms with Crippen LogP contribution in [-0.2, 0) is 4.74 Å². The molecule has 0 saturated carbocycles. The summed E-state index contributed by atoms with van der Waals surface area (Å²) in [6, 6.07) is 0. The van der Waals surface area contributed by atoms with Crippen LogP contribution < -0.4 is 0 Å². The molecule has 0 amide bonds. The zero-order valence-corrected chi connectivity index (χ0v) is 8.61. The topological polar surface area (TPSA) is 9.23 Å². The zero-order chi connectivity index (χ0) is 7.33. The van der Waals surface area contributed by atoms with E-state index in [1.807, 2.05) is 6.08 Å². The van der Waals surface area contributed by atoms with Gasteiger partial charge in [0.2, 0.25) is 0 Å². The number of rotatable bonds is 4. The van der Waals surface area contributed by atoms with Crippen molar-refractivity contribution in [3.8, 4) is 0 Å². The third-order valence-electron chi connectivity index (χ3n) is 1.82. The zero-order valence-electron chi connectivity index (χ0n) is 6.61. The number of methoxy groups -OCH3 is 1. The maximum absolute atomic E-state index is 5.32. The second-order valence-electron chi connectivity index (χ2n) is 2.50. The van der Waals surface area contributed by atoms with Gasteiger partial charge in [0.15, 0.2) is 0 Å². The Morgan fingerprint density at radius 3 is 2.44 bits per heavy atom. The molecule has 0 aliphatic heterocycles. The van der Waals surface area contributed by atoms with E-state index in [9.17, 15) is 0 Å². The first-order valence-corrected chi connectivity index (χ1v) is 4.34. The third-order valence-corrected chi connectivity index (χ3v) is 3.34. The highest BCUT2D eigenvalue weighted by Crippen LogP contribution is 2.14. The summed E-state index contributed by atoms with van der Waals surface area (Å²) < 4.78 is 5.32. The molecule has 0 aromatic rings. The van der Waals surface area contributed by atoms with Crippen molar-refractivity contribution in [3.63, 3.8) is 0 Å². The van der Waals surface area contributed by atoms with Gasteiger partial charge >= 0.3 is 0 Å². The smallest absolute Gasteiger partial charge is 0.0513 e. The van der Waals surface area contributed by atoms with Crippen LogP contribution in [0.5, 0.6) is 0 Å². The maximum atomic E-state index is 5.32. The van der Waals surface area contributed by atoms with Crippen LogP contribution in [0.1, 0.15) is 19.8 Å². The van der Waals surface area contributed by atoms with Crippen LogP contribution in [0, 0.1) is 0 Å². The van der Waals surface area contributed by atoms with Crippen molar-refractivity contribution in [2.45, 2.75) is 25.0 Å². The van der Waals surface area contributed by atoms with Gasteiger partial charge in [0.05, 0.1) is 5.22 Å². The van der Waals surface area contributed by atoms with Crippen molar-refractivity contribution in [2.24, 2.45) is 0 Å². The summed E-state index contributed by atoms with van der Waals surface area (Å²) in [6.07, 6.45) is 4.02. The van der Waals surface area contributed by atoms with E-state index in [1.54, 1.807) is 7.11 Å². The standard InChI is InChI=1S/C7H16OSi/c1-4-6-7(9,5-2)8-3/h4H,1,5-6H2,2-3,9H3. The monoisotopic (exact) mass is 144 g/mol. The van der Waals surface area contributed by atoms with Crippen LogP contribution in [0.2, 0.25) is 0 Å². The molecule has 1 atom stereocenters. The van der Waals surface area contributed by atoms with E-state index in [0.29, 0.717) is 0 Å². The molecule has 2 heteroatoms. The lowest BCUT2D eigenvalue weighted by Gasteiger charge is -2.24. The average molecular weight is 144 g/mol. The SMILES string of the molecule is C=CCC([SiH3])(CC)OC. The van der Waals surface area contributed by atoms with Gasteiger partial charge in [-0.1, -0.05) is 13.0 Å². The molecule has 0 bridgehead atoms. The highest BCUT2D eigenvalue weighted by Gasteiger charge is 2.17. The van der Waals surface area contributed by atoms with Crippen molar-refractivity contribution in [2.75, 3.05) is 7.11 Å². The summed E-state index contributed by atoms with van der Waals surface area (Å²) in [5.41, 5.74) is 0. The van der Waals surface area contributed by atoms with Gasteiger partial charge in [-0.15, -0.1) is 6.58 Å². The lowest BCUT2D eigenvalue weighted by atomic mass is 10.2. The number of hydrogen-bond acceptors (Lipinski definition) is 1. The molecule has 0 spiro atoms. The van der Waals surface area contributed by atoms with Crippen molar-refractivity contribution >= 4 is 10.2 Å². The summed E-state index contributed by atoms with van der Waals surface area (Å²) in [5.74, 6) is 0. The lowest BCUT2D eigenvalue weighted by Crippen LogP contribution is -2.29. The van der Waals surface area contributed by atoms with Crippen molar-refractivity contribution in [3.05, 3.63) is 12.7 Å². The molecule has 54 valence electrons. The Labute approximate surface area is 60.5 Å². The van der Waals surface area contributed by atoms with Crippen molar-refractivity contribution in [1.29, 1.82) is 0 Å². The third kappa shape index (κ3) is 2.82. The van der Waals surface area contributed by atoms with Gasteiger partial charge in [-0.05, 0) is 12.8 Å². The van der Waals surface area contributed by atoms with Crippen LogP contribution >= 0.6 is 0 Å². The van der Waals surface area contributed by atoms with Gasteiger partial charge in [-0.3, -0.25) is 0 Å². The van der Waals surface area contributed by atoms with E-state index in [-0.39, 0.29) is 5.22 Å². The largest absolute Gasteiger partial charge is 0.382 e. The predicted molar refractivity (Wildman–Crippen MR) is 44.8 cm³/mol. The van der Waals surface area contributed by atoms with Gasteiger partial charge in [0.1, 0.15) is 0 Å². The fourth-order valence-corrected chi connectivity index (χ4v) is 0.966. The summed E-state index contributed by atoms with van der Waals surface area (Å²) in [5, 5.41) is 0.155. The molecule has 0 aromatic heterocycles. The highest BCUT2D eigenvalue weighted by molar-refractivity contribution is 6.14. The molecule has 0 rings (SSSR count). The Morgan fingerprint density at radius 1 is 1.78 bits per heavy atom. The van der Waals surface area contributed by atoms with E-state index in [0.717, 1.165) is 23.1 Å². The Hall–Kier alpha value is -0.0831. The van der Waals surface area contributed by atoms with Crippen LogP contribution in [0.3, 0.4) is 0 Å². The van der Waals surface area contributed by atoms with Gasteiger partial charge in [-0.2, -0.15) is 0 Å². The maximum Gasteiger partial charge on any atom is 0.0513 e. The lowest BCUT2D eigenvalue weighted by molar-refractivity contribution is 0.0625. The van der Waals surface area contributed by atoms with Crippen LogP contribution in [0.25, 0.3) is 0 Å². The number of hydrogen-bond donors (Lipinski definition) is 0. The molecule has 0 saturated heterocycles. The molecular formula is C7H16OSi. The van der Waals surface area contributed by atoms with Crippen LogP contribution in [-0.4, -0.2) is 22.6 Å². The Morgan fingerprint density at radius 2 is 2.33 bits per heavy atom. The normalized spacial score (nSPS) is 17.1. The minimum atomic E-state index is 0.155. The fraction of sp³-hybridized carbons (Fsp3) is 0.714. The summed E-state index contributed by atoms with van der Waals surface area (Å²) in [4.78, 5) is 0. The van der Waals surface area contributed by atoms with E-state index in [4.69, 9.17) is 4.74 Å². The van der Waals surface area contributed by atoms with E-state index in [1.165, 1.54) is 0 Å². The molecule has 1 unspecified atom stereocenters. The Balaban J connectivity index is 3.75. The molecule has 0 radical (unpaired) electrons. The first-order valence-electron chi connectivity index (χ1n) is 3.34. The summed E-state index contributed by atoms with van der Waals surface area (Å²) in [7, 11) is 2.86. The molecule has 1 nitrogen and oxygen atoms in total. The van der Waals surface area contributed by atoms with Crippen LogP contribution in [0.15, 0.2) is 12.7 Å². The van der Waals surface area contributed by atoms with Gasteiger partial charge in [0, 0.05) is 17.4 Å². The van der Waals surface area contributed by atoms with E-state index >= 15 is 0 Å². The first-order chi connectivity index (χ1) is 4.18. The van der Waals surface area contributed by atoms with Gasteiger partial charge < -0.3 is 4.74 Å². The Bertz CT molecular complexity index is 86.9. The molecule has 0 N–H and O–H groups in total. The van der Waals surface area contributed by atoms with Crippen molar-refractivity contribution < 1.29 is 4.74 Å². The van der Waals surface area contributed by atoms with Crippen LogP contribution in [0.4, 0.5) is 0 Å². The molecule has 0 aromatic carbocycles. The van der Waals surface area contributed by atoms with Gasteiger partial charge in [-0.25, -0.2) is 0 Å². The minimum absolute atomic E-state index is 0.155. The second-order valence-corrected chi connectivity index (χ2v) is 4.32. The number of ether oxygens (including phenoxy) is 1. The Kier molecular flexibility index (Phi) is 3.82. The average Bonchev–Trinajstić information content (AvgIpc) is 1.89. The van der Waals surface area contributed by atoms with Crippen molar-refractivity contribution in [1.82, 2.24) is 0 Å². The van der Waals surface area contributed by atoms with E-state index in [2.05, 4.69) is 13.5 Å². The minimum Gasteiger partial charge on any atom is -0.382 e. The fourth-order valence-electron chi connectivity index (χ4n) is 0.677.